The van der Waals surface area contributed by atoms with E-state index in [9.17, 15) is 18.0 Å². The Balaban J connectivity index is 1.89. The fourth-order valence-corrected chi connectivity index (χ4v) is 2.97. The van der Waals surface area contributed by atoms with E-state index in [4.69, 9.17) is 21.1 Å². The summed E-state index contributed by atoms with van der Waals surface area (Å²) in [5, 5.41) is 2.67. The number of carbonyl (C=O) groups is 1. The summed E-state index contributed by atoms with van der Waals surface area (Å²) in [7, 11) is 0. The molecule has 4 nitrogen and oxygen atoms in total. The molecule has 132 valence electrons. The number of hydrogen-bond acceptors (Lipinski definition) is 3. The van der Waals surface area contributed by atoms with Gasteiger partial charge in [0.15, 0.2) is 11.5 Å². The molecule has 0 aliphatic carbocycles. The molecule has 0 spiro atoms. The van der Waals surface area contributed by atoms with Crippen molar-refractivity contribution in [2.75, 3.05) is 18.5 Å². The molecule has 0 unspecified atom stereocenters. The van der Waals surface area contributed by atoms with Crippen LogP contribution in [0, 0.1) is 3.57 Å². The van der Waals surface area contributed by atoms with Gasteiger partial charge in [-0.3, -0.25) is 4.79 Å². The number of ether oxygens (including phenoxy) is 2. The Bertz CT molecular complexity index is 842. The third-order valence-electron chi connectivity index (χ3n) is 3.40. The summed E-state index contributed by atoms with van der Waals surface area (Å²) in [6.07, 6.45) is -4.50. The minimum Gasteiger partial charge on any atom is -0.486 e. The molecule has 0 radical (unpaired) electrons. The molecule has 1 N–H and O–H groups in total. The van der Waals surface area contributed by atoms with Gasteiger partial charge in [0.25, 0.3) is 5.91 Å². The maximum Gasteiger partial charge on any atom is 0.416 e. The zero-order valence-corrected chi connectivity index (χ0v) is 15.3. The number of halogens is 5. The maximum atomic E-state index is 12.8. The van der Waals surface area contributed by atoms with Gasteiger partial charge < -0.3 is 14.8 Å². The summed E-state index contributed by atoms with van der Waals surface area (Å²) < 4.78 is 49.7. The van der Waals surface area contributed by atoms with E-state index in [2.05, 4.69) is 5.32 Å². The SMILES string of the molecule is O=C(Nc1cc(C(F)(F)F)ccc1I)c1cc(Cl)c2c(c1)OCCO2. The molecule has 25 heavy (non-hydrogen) atoms. The highest BCUT2D eigenvalue weighted by Crippen LogP contribution is 2.39. The van der Waals surface area contributed by atoms with Crippen molar-refractivity contribution < 1.29 is 27.4 Å². The zero-order valence-electron chi connectivity index (χ0n) is 12.4. The van der Waals surface area contributed by atoms with E-state index in [-0.39, 0.29) is 16.3 Å². The van der Waals surface area contributed by atoms with Gasteiger partial charge in [-0.15, -0.1) is 0 Å². The molecule has 0 saturated heterocycles. The monoisotopic (exact) mass is 483 g/mol. The lowest BCUT2D eigenvalue weighted by Crippen LogP contribution is -2.18. The smallest absolute Gasteiger partial charge is 0.416 e. The highest BCUT2D eigenvalue weighted by Gasteiger charge is 2.31. The Morgan fingerprint density at radius 1 is 1.16 bits per heavy atom. The molecule has 1 aliphatic rings. The lowest BCUT2D eigenvalue weighted by atomic mass is 10.1. The second kappa shape index (κ2) is 6.91. The highest BCUT2D eigenvalue weighted by atomic mass is 127. The van der Waals surface area contributed by atoms with Crippen molar-refractivity contribution in [1.29, 1.82) is 0 Å². The van der Waals surface area contributed by atoms with Crippen LogP contribution in [0.3, 0.4) is 0 Å². The number of amides is 1. The van der Waals surface area contributed by atoms with E-state index in [1.54, 1.807) is 0 Å². The Hall–Kier alpha value is -1.68. The first-order valence-corrected chi connectivity index (χ1v) is 8.48. The van der Waals surface area contributed by atoms with Gasteiger partial charge in [0, 0.05) is 9.13 Å². The molecule has 1 amide bonds. The first-order chi connectivity index (χ1) is 11.8. The van der Waals surface area contributed by atoms with Gasteiger partial charge in [-0.2, -0.15) is 13.2 Å². The van der Waals surface area contributed by atoms with E-state index in [1.165, 1.54) is 18.2 Å². The number of anilines is 1. The molecular weight excluding hydrogens is 474 g/mol. The van der Waals surface area contributed by atoms with Crippen molar-refractivity contribution in [3.63, 3.8) is 0 Å². The highest BCUT2D eigenvalue weighted by molar-refractivity contribution is 14.1. The molecule has 2 aromatic rings. The standard InChI is InChI=1S/C16H10ClF3INO3/c17-10-5-8(6-13-14(10)25-4-3-24-13)15(23)22-12-7-9(16(18,19)20)1-2-11(12)21/h1-2,5-7H,3-4H2,(H,22,23). The van der Waals surface area contributed by atoms with Crippen LogP contribution >= 0.6 is 34.2 Å². The number of alkyl halides is 3. The van der Waals surface area contributed by atoms with Crippen LogP contribution < -0.4 is 14.8 Å². The first-order valence-electron chi connectivity index (χ1n) is 7.03. The van der Waals surface area contributed by atoms with Crippen LogP contribution in [-0.4, -0.2) is 19.1 Å². The number of carbonyl (C=O) groups excluding carboxylic acids is 1. The van der Waals surface area contributed by atoms with Crippen LogP contribution in [0.4, 0.5) is 18.9 Å². The van der Waals surface area contributed by atoms with Gasteiger partial charge in [-0.1, -0.05) is 11.6 Å². The van der Waals surface area contributed by atoms with Gasteiger partial charge in [0.2, 0.25) is 0 Å². The van der Waals surface area contributed by atoms with Gasteiger partial charge in [0.1, 0.15) is 13.2 Å². The predicted molar refractivity (Wildman–Crippen MR) is 94.6 cm³/mol. The molecule has 1 heterocycles. The molecule has 0 saturated carbocycles. The Morgan fingerprint density at radius 3 is 2.60 bits per heavy atom. The predicted octanol–water partition coefficient (Wildman–Crippen LogP) is 4.99. The summed E-state index contributed by atoms with van der Waals surface area (Å²) in [5.41, 5.74) is -0.627. The van der Waals surface area contributed by atoms with Crippen molar-refractivity contribution in [2.45, 2.75) is 6.18 Å². The van der Waals surface area contributed by atoms with Crippen LogP contribution in [0.25, 0.3) is 0 Å². The zero-order chi connectivity index (χ0) is 18.2. The average molecular weight is 484 g/mol. The van der Waals surface area contributed by atoms with Gasteiger partial charge in [0.05, 0.1) is 16.3 Å². The minimum atomic E-state index is -4.50. The molecule has 0 fully saturated rings. The third-order valence-corrected chi connectivity index (χ3v) is 4.62. The Kier molecular flexibility index (Phi) is 5.01. The lowest BCUT2D eigenvalue weighted by molar-refractivity contribution is -0.137. The average Bonchev–Trinajstić information content (AvgIpc) is 2.55. The van der Waals surface area contributed by atoms with Gasteiger partial charge in [-0.05, 0) is 52.9 Å². The molecular formula is C16H10ClF3INO3. The van der Waals surface area contributed by atoms with E-state index >= 15 is 0 Å². The molecule has 9 heteroatoms. The van der Waals surface area contributed by atoms with Crippen LogP contribution in [0.1, 0.15) is 15.9 Å². The fraction of sp³-hybridized carbons (Fsp3) is 0.188. The molecule has 2 aromatic carbocycles. The van der Waals surface area contributed by atoms with E-state index in [1.807, 2.05) is 22.6 Å². The van der Waals surface area contributed by atoms with Gasteiger partial charge >= 0.3 is 6.18 Å². The molecule has 0 aromatic heterocycles. The normalized spacial score (nSPS) is 13.5. The number of rotatable bonds is 2. The fourth-order valence-electron chi connectivity index (χ4n) is 2.23. The van der Waals surface area contributed by atoms with Crippen molar-refractivity contribution in [1.82, 2.24) is 0 Å². The van der Waals surface area contributed by atoms with Crippen LogP contribution in [0.15, 0.2) is 30.3 Å². The van der Waals surface area contributed by atoms with E-state index in [0.717, 1.165) is 12.1 Å². The second-order valence-electron chi connectivity index (χ2n) is 5.13. The van der Waals surface area contributed by atoms with Crippen molar-refractivity contribution in [2.24, 2.45) is 0 Å². The summed E-state index contributed by atoms with van der Waals surface area (Å²) in [6.45, 7) is 0.667. The Morgan fingerprint density at radius 2 is 1.88 bits per heavy atom. The minimum absolute atomic E-state index is 0.0615. The summed E-state index contributed by atoms with van der Waals surface area (Å²) >= 11 is 7.92. The van der Waals surface area contributed by atoms with Gasteiger partial charge in [-0.25, -0.2) is 0 Å². The largest absolute Gasteiger partial charge is 0.486 e. The van der Waals surface area contributed by atoms with Crippen molar-refractivity contribution in [3.8, 4) is 11.5 Å². The molecule has 3 rings (SSSR count). The summed E-state index contributed by atoms with van der Waals surface area (Å²) in [4.78, 5) is 12.4. The number of fused-ring (bicyclic) bond motifs is 1. The topological polar surface area (TPSA) is 47.6 Å². The quantitative estimate of drug-likeness (QED) is 0.613. The second-order valence-corrected chi connectivity index (χ2v) is 6.70. The maximum absolute atomic E-state index is 12.8. The molecule has 0 bridgehead atoms. The first kappa shape index (κ1) is 18.1. The lowest BCUT2D eigenvalue weighted by Gasteiger charge is -2.20. The molecule has 1 aliphatic heterocycles. The number of hydrogen-bond donors (Lipinski definition) is 1. The van der Waals surface area contributed by atoms with Crippen LogP contribution in [-0.2, 0) is 6.18 Å². The summed E-state index contributed by atoms with van der Waals surface area (Å²) in [6, 6.07) is 5.95. The van der Waals surface area contributed by atoms with E-state index < -0.39 is 17.6 Å². The van der Waals surface area contributed by atoms with Crippen molar-refractivity contribution in [3.05, 3.63) is 50.1 Å². The van der Waals surface area contributed by atoms with Crippen LogP contribution in [0.5, 0.6) is 11.5 Å². The third kappa shape index (κ3) is 3.95. The van der Waals surface area contributed by atoms with Crippen molar-refractivity contribution >= 4 is 45.8 Å². The molecule has 0 atom stereocenters. The van der Waals surface area contributed by atoms with E-state index in [0.29, 0.717) is 28.3 Å². The summed E-state index contributed by atoms with van der Waals surface area (Å²) in [5.74, 6) is 0.0665. The Labute approximate surface area is 159 Å². The number of nitrogens with one attached hydrogen (secondary N) is 1. The van der Waals surface area contributed by atoms with Crippen LogP contribution in [0.2, 0.25) is 5.02 Å². The number of benzene rings is 2.